The van der Waals surface area contributed by atoms with Crippen LogP contribution in [0.25, 0.3) is 0 Å². The Balaban J connectivity index is 3.05. The van der Waals surface area contributed by atoms with Crippen molar-refractivity contribution in [2.24, 2.45) is 21.5 Å². The summed E-state index contributed by atoms with van der Waals surface area (Å²) in [6.45, 7) is 8.04. The van der Waals surface area contributed by atoms with Crippen LogP contribution in [0.3, 0.4) is 0 Å². The molecule has 0 aromatic heterocycles. The van der Waals surface area contributed by atoms with E-state index in [0.29, 0.717) is 5.03 Å². The van der Waals surface area contributed by atoms with Crippen LogP contribution in [0.15, 0.2) is 21.0 Å². The number of hydrogen-bond donors (Lipinski definition) is 2. The topological polar surface area (TPSA) is 54.0 Å². The van der Waals surface area contributed by atoms with Gasteiger partial charge in [0.05, 0.1) is 5.70 Å². The van der Waals surface area contributed by atoms with E-state index < -0.39 is 0 Å². The lowest BCUT2D eigenvalue weighted by Crippen LogP contribution is -2.39. The number of rotatable bonds is 0. The second-order valence-electron chi connectivity index (χ2n) is 4.18. The van der Waals surface area contributed by atoms with Crippen molar-refractivity contribution in [3.05, 3.63) is 10.7 Å². The largest absolute Gasteiger partial charge is 0.277 e. The van der Waals surface area contributed by atoms with E-state index in [-0.39, 0.29) is 11.6 Å². The number of hydrazine groups is 1. The van der Waals surface area contributed by atoms with Crippen LogP contribution in [0, 0.1) is 5.41 Å². The molecule has 0 fully saturated rings. The number of nitrogens with zero attached hydrogens (tertiary/aromatic N) is 3. The van der Waals surface area contributed by atoms with Crippen molar-refractivity contribution in [2.45, 2.75) is 33.9 Å². The SMILES string of the molecule is CC1N=NC(C(C)(C)C)=C(S)N1N. The first-order valence-corrected chi connectivity index (χ1v) is 4.67. The maximum absolute atomic E-state index is 5.75. The van der Waals surface area contributed by atoms with E-state index >= 15 is 0 Å². The van der Waals surface area contributed by atoms with Gasteiger partial charge in [-0.05, 0) is 6.92 Å². The minimum atomic E-state index is -0.126. The molecule has 0 amide bonds. The molecule has 0 bridgehead atoms. The van der Waals surface area contributed by atoms with Gasteiger partial charge < -0.3 is 0 Å². The fraction of sp³-hybridized carbons (Fsp3) is 0.750. The maximum Gasteiger partial charge on any atom is 0.154 e. The first-order chi connectivity index (χ1) is 5.84. The van der Waals surface area contributed by atoms with E-state index in [0.717, 1.165) is 5.70 Å². The lowest BCUT2D eigenvalue weighted by molar-refractivity contribution is 0.266. The molecule has 1 unspecified atom stereocenters. The summed E-state index contributed by atoms with van der Waals surface area (Å²) in [5, 5.41) is 10.4. The van der Waals surface area contributed by atoms with E-state index in [4.69, 9.17) is 5.84 Å². The molecular weight excluding hydrogens is 184 g/mol. The van der Waals surface area contributed by atoms with Gasteiger partial charge in [0.25, 0.3) is 0 Å². The molecule has 0 aliphatic carbocycles. The van der Waals surface area contributed by atoms with Gasteiger partial charge in [0.1, 0.15) is 5.03 Å². The van der Waals surface area contributed by atoms with Crippen molar-refractivity contribution in [1.29, 1.82) is 0 Å². The number of allylic oxidation sites excluding steroid dienone is 1. The van der Waals surface area contributed by atoms with Gasteiger partial charge in [-0.25, -0.2) is 5.84 Å². The fourth-order valence-electron chi connectivity index (χ4n) is 1.03. The van der Waals surface area contributed by atoms with Gasteiger partial charge >= 0.3 is 0 Å². The summed E-state index contributed by atoms with van der Waals surface area (Å²) in [6.07, 6.45) is -0.126. The van der Waals surface area contributed by atoms with Gasteiger partial charge in [-0.15, -0.1) is 12.6 Å². The lowest BCUT2D eigenvalue weighted by atomic mass is 9.92. The predicted octanol–water partition coefficient (Wildman–Crippen LogP) is 2.12. The van der Waals surface area contributed by atoms with Crippen LogP contribution in [0.1, 0.15) is 27.7 Å². The molecule has 0 aromatic carbocycles. The summed E-state index contributed by atoms with van der Waals surface area (Å²) in [6, 6.07) is 0. The van der Waals surface area contributed by atoms with Crippen molar-refractivity contribution in [3.63, 3.8) is 0 Å². The third-order valence-corrected chi connectivity index (χ3v) is 2.34. The van der Waals surface area contributed by atoms with E-state index in [2.05, 4.69) is 43.6 Å². The van der Waals surface area contributed by atoms with Gasteiger partial charge in [-0.3, -0.25) is 5.01 Å². The van der Waals surface area contributed by atoms with Gasteiger partial charge in [-0.1, -0.05) is 20.8 Å². The molecular formula is C8H16N4S. The van der Waals surface area contributed by atoms with Crippen LogP contribution in [-0.4, -0.2) is 11.2 Å². The summed E-state index contributed by atoms with van der Waals surface area (Å²) < 4.78 is 0. The van der Waals surface area contributed by atoms with Crippen molar-refractivity contribution < 1.29 is 0 Å². The minimum Gasteiger partial charge on any atom is -0.277 e. The van der Waals surface area contributed by atoms with Gasteiger partial charge in [0.15, 0.2) is 6.17 Å². The molecule has 1 aliphatic rings. The molecule has 0 aromatic rings. The van der Waals surface area contributed by atoms with Crippen LogP contribution in [0.2, 0.25) is 0 Å². The molecule has 5 heteroatoms. The van der Waals surface area contributed by atoms with Crippen LogP contribution in [0.5, 0.6) is 0 Å². The molecule has 1 rings (SSSR count). The summed E-state index contributed by atoms with van der Waals surface area (Å²) >= 11 is 4.33. The zero-order valence-electron chi connectivity index (χ0n) is 8.44. The van der Waals surface area contributed by atoms with E-state index in [1.807, 2.05) is 6.92 Å². The minimum absolute atomic E-state index is 0.0711. The summed E-state index contributed by atoms with van der Waals surface area (Å²) in [4.78, 5) is 0. The van der Waals surface area contributed by atoms with E-state index in [1.165, 1.54) is 5.01 Å². The monoisotopic (exact) mass is 200 g/mol. The third kappa shape index (κ3) is 2.03. The highest BCUT2D eigenvalue weighted by Gasteiger charge is 2.27. The highest BCUT2D eigenvalue weighted by Crippen LogP contribution is 2.34. The van der Waals surface area contributed by atoms with Crippen LogP contribution in [0.4, 0.5) is 0 Å². The molecule has 0 radical (unpaired) electrons. The van der Waals surface area contributed by atoms with E-state index in [1.54, 1.807) is 0 Å². The first kappa shape index (κ1) is 10.5. The molecule has 0 saturated heterocycles. The van der Waals surface area contributed by atoms with Crippen LogP contribution in [-0.2, 0) is 0 Å². The average molecular weight is 200 g/mol. The predicted molar refractivity (Wildman–Crippen MR) is 55.8 cm³/mol. The second-order valence-corrected chi connectivity index (χ2v) is 4.60. The smallest absolute Gasteiger partial charge is 0.154 e. The van der Waals surface area contributed by atoms with Crippen LogP contribution < -0.4 is 5.84 Å². The third-order valence-electron chi connectivity index (χ3n) is 1.89. The summed E-state index contributed by atoms with van der Waals surface area (Å²) in [5.74, 6) is 5.75. The van der Waals surface area contributed by atoms with Gasteiger partial charge in [-0.2, -0.15) is 10.2 Å². The Morgan fingerprint density at radius 1 is 1.46 bits per heavy atom. The average Bonchev–Trinajstić information content (AvgIpc) is 1.98. The fourth-order valence-corrected chi connectivity index (χ4v) is 1.57. The standard InChI is InChI=1S/C8H16N4S/c1-5-10-11-6(8(2,3)4)7(13)12(5)9/h5,13H,9H2,1-4H3. The molecule has 13 heavy (non-hydrogen) atoms. The molecule has 4 nitrogen and oxygen atoms in total. The van der Waals surface area contributed by atoms with Crippen LogP contribution >= 0.6 is 12.6 Å². The first-order valence-electron chi connectivity index (χ1n) is 4.22. The highest BCUT2D eigenvalue weighted by molar-refractivity contribution is 7.84. The Bertz CT molecular complexity index is 264. The van der Waals surface area contributed by atoms with Crippen molar-refractivity contribution >= 4 is 12.6 Å². The Morgan fingerprint density at radius 2 is 2.00 bits per heavy atom. The number of nitrogens with two attached hydrogens (primary N) is 1. The second kappa shape index (κ2) is 3.31. The number of hydrogen-bond acceptors (Lipinski definition) is 5. The number of thiol groups is 1. The summed E-state index contributed by atoms with van der Waals surface area (Å²) in [5.41, 5.74) is 0.759. The Hall–Kier alpha value is -0.550. The van der Waals surface area contributed by atoms with Gasteiger partial charge in [0, 0.05) is 5.41 Å². The van der Waals surface area contributed by atoms with Crippen molar-refractivity contribution in [2.75, 3.05) is 0 Å². The summed E-state index contributed by atoms with van der Waals surface area (Å²) in [7, 11) is 0. The normalized spacial score (nSPS) is 24.2. The molecule has 0 spiro atoms. The Labute approximate surface area is 84.3 Å². The Morgan fingerprint density at radius 3 is 2.46 bits per heavy atom. The lowest BCUT2D eigenvalue weighted by Gasteiger charge is -2.31. The van der Waals surface area contributed by atoms with Crippen molar-refractivity contribution in [3.8, 4) is 0 Å². The molecule has 74 valence electrons. The molecule has 1 heterocycles. The zero-order chi connectivity index (χ0) is 10.2. The maximum atomic E-state index is 5.75. The van der Waals surface area contributed by atoms with E-state index in [9.17, 15) is 0 Å². The zero-order valence-corrected chi connectivity index (χ0v) is 9.34. The molecule has 1 aliphatic heterocycles. The highest BCUT2D eigenvalue weighted by atomic mass is 32.1. The van der Waals surface area contributed by atoms with Gasteiger partial charge in [0.2, 0.25) is 0 Å². The molecule has 0 saturated carbocycles. The quantitative estimate of drug-likeness (QED) is 0.465. The molecule has 2 N–H and O–H groups in total. The Kier molecular flexibility index (Phi) is 2.68. The van der Waals surface area contributed by atoms with Crippen molar-refractivity contribution in [1.82, 2.24) is 5.01 Å². The number of azo groups is 1. The molecule has 1 atom stereocenters.